The molecule has 0 fully saturated rings. The molecule has 1 unspecified atom stereocenters. The molecule has 0 radical (unpaired) electrons. The number of halogens is 1. The van der Waals surface area contributed by atoms with Crippen molar-refractivity contribution in [3.63, 3.8) is 0 Å². The first kappa shape index (κ1) is 16.9. The minimum atomic E-state index is -1.49. The van der Waals surface area contributed by atoms with Gasteiger partial charge >= 0.3 is 0 Å². The lowest BCUT2D eigenvalue weighted by atomic mass is 9.99. The molecule has 0 bridgehead atoms. The van der Waals surface area contributed by atoms with E-state index in [4.69, 9.17) is 11.6 Å². The lowest BCUT2D eigenvalue weighted by Crippen LogP contribution is -2.22. The second-order valence-corrected chi connectivity index (χ2v) is 7.47. The van der Waals surface area contributed by atoms with Crippen LogP contribution in [0, 0.1) is 12.8 Å². The molecule has 1 aromatic heterocycles. The first-order valence-corrected chi connectivity index (χ1v) is 8.89. The van der Waals surface area contributed by atoms with E-state index in [1.807, 2.05) is 13.8 Å². The van der Waals surface area contributed by atoms with E-state index in [0.717, 1.165) is 5.56 Å². The van der Waals surface area contributed by atoms with Crippen LogP contribution in [0.2, 0.25) is 5.02 Å². The molecule has 118 valence electrons. The van der Waals surface area contributed by atoms with Gasteiger partial charge in [-0.05, 0) is 24.5 Å². The molecule has 0 aliphatic carbocycles. The first-order chi connectivity index (χ1) is 10.2. The minimum absolute atomic E-state index is 0.00704. The lowest BCUT2D eigenvalue weighted by molar-refractivity contribution is 0.0963. The van der Waals surface area contributed by atoms with Gasteiger partial charge in [0.15, 0.2) is 5.78 Å². The summed E-state index contributed by atoms with van der Waals surface area (Å²) in [7, 11) is -1.49. The Hall–Kier alpha value is -1.46. The number of H-pyrrole nitrogens is 1. The predicted molar refractivity (Wildman–Crippen MR) is 90.4 cm³/mol. The Labute approximate surface area is 136 Å². The van der Waals surface area contributed by atoms with Gasteiger partial charge in [0.2, 0.25) is 5.43 Å². The average molecular weight is 340 g/mol. The minimum Gasteiger partial charge on any atom is -0.346 e. The Morgan fingerprint density at radius 1 is 1.36 bits per heavy atom. The normalized spacial score (nSPS) is 12.8. The van der Waals surface area contributed by atoms with Crippen LogP contribution in [0.15, 0.2) is 22.0 Å². The number of aryl methyl sites for hydroxylation is 1. The van der Waals surface area contributed by atoms with Crippen molar-refractivity contribution in [2.75, 3.05) is 6.26 Å². The number of hydrogen-bond donors (Lipinski definition) is 1. The molecule has 0 saturated heterocycles. The number of pyridine rings is 1. The van der Waals surface area contributed by atoms with Gasteiger partial charge in [0.25, 0.3) is 0 Å². The number of carbonyl (C=O) groups excluding carboxylic acids is 1. The van der Waals surface area contributed by atoms with Gasteiger partial charge in [-0.15, -0.1) is 0 Å². The van der Waals surface area contributed by atoms with Crippen molar-refractivity contribution in [1.29, 1.82) is 0 Å². The number of hydrogen-bond acceptors (Lipinski definition) is 3. The maximum Gasteiger partial charge on any atom is 0.201 e. The molecule has 0 amide bonds. The van der Waals surface area contributed by atoms with Crippen molar-refractivity contribution >= 4 is 39.1 Å². The molecule has 1 aromatic carbocycles. The van der Waals surface area contributed by atoms with Crippen molar-refractivity contribution in [2.45, 2.75) is 32.2 Å². The summed E-state index contributed by atoms with van der Waals surface area (Å²) < 4.78 is 12.0. The lowest BCUT2D eigenvalue weighted by Gasteiger charge is -2.12. The topological polar surface area (TPSA) is 67.0 Å². The van der Waals surface area contributed by atoms with E-state index in [1.54, 1.807) is 19.1 Å². The second kappa shape index (κ2) is 6.34. The third-order valence-electron chi connectivity index (χ3n) is 3.44. The molecule has 0 saturated carbocycles. The van der Waals surface area contributed by atoms with Crippen LogP contribution in [-0.2, 0) is 10.8 Å². The summed E-state index contributed by atoms with van der Waals surface area (Å²) in [5, 5.41) is 0.900. The van der Waals surface area contributed by atoms with E-state index >= 15 is 0 Å². The highest BCUT2D eigenvalue weighted by atomic mass is 35.5. The number of fused-ring (bicyclic) bond motifs is 1. The number of benzene rings is 1. The fourth-order valence-electron chi connectivity index (χ4n) is 2.44. The van der Waals surface area contributed by atoms with Crippen molar-refractivity contribution in [1.82, 2.24) is 4.98 Å². The van der Waals surface area contributed by atoms with Crippen molar-refractivity contribution in [3.8, 4) is 0 Å². The quantitative estimate of drug-likeness (QED) is 0.867. The molecule has 1 atom stereocenters. The predicted octanol–water partition coefficient (Wildman–Crippen LogP) is 3.46. The van der Waals surface area contributed by atoms with Gasteiger partial charge in [0, 0.05) is 12.7 Å². The highest BCUT2D eigenvalue weighted by Crippen LogP contribution is 2.25. The number of nitrogens with one attached hydrogen (secondary N) is 1. The van der Waals surface area contributed by atoms with Gasteiger partial charge in [0.05, 0.1) is 32.3 Å². The van der Waals surface area contributed by atoms with Gasteiger partial charge in [-0.3, -0.25) is 13.8 Å². The molecule has 0 spiro atoms. The standard InChI is InChI=1S/C16H18ClNO3S/c1-8(2)7-11(19)13-15(20)12-9(3)5-6-10(17)14(12)18-16(13)22(4)21/h5-6,8H,7H2,1-4H3,(H,18,20). The molecule has 4 nitrogen and oxygen atoms in total. The van der Waals surface area contributed by atoms with Gasteiger partial charge < -0.3 is 4.98 Å². The van der Waals surface area contributed by atoms with E-state index in [0.29, 0.717) is 15.9 Å². The van der Waals surface area contributed by atoms with Gasteiger partial charge in [-0.2, -0.15) is 0 Å². The van der Waals surface area contributed by atoms with Gasteiger partial charge in [-0.1, -0.05) is 31.5 Å². The fourth-order valence-corrected chi connectivity index (χ4v) is 3.39. The van der Waals surface area contributed by atoms with Crippen LogP contribution >= 0.6 is 11.6 Å². The third-order valence-corrected chi connectivity index (χ3v) is 4.64. The molecular weight excluding hydrogens is 322 g/mol. The molecule has 1 N–H and O–H groups in total. The largest absolute Gasteiger partial charge is 0.346 e. The number of carbonyl (C=O) groups is 1. The summed E-state index contributed by atoms with van der Waals surface area (Å²) in [5.74, 6) is -0.177. The van der Waals surface area contributed by atoms with Crippen LogP contribution in [0.25, 0.3) is 10.9 Å². The van der Waals surface area contributed by atoms with Crippen molar-refractivity contribution in [3.05, 3.63) is 38.5 Å². The molecule has 0 aliphatic heterocycles. The highest BCUT2D eigenvalue weighted by Gasteiger charge is 2.23. The Morgan fingerprint density at radius 3 is 2.55 bits per heavy atom. The van der Waals surface area contributed by atoms with E-state index < -0.39 is 16.2 Å². The van der Waals surface area contributed by atoms with E-state index in [2.05, 4.69) is 4.98 Å². The Morgan fingerprint density at radius 2 is 2.00 bits per heavy atom. The van der Waals surface area contributed by atoms with Crippen molar-refractivity contribution < 1.29 is 9.00 Å². The molecule has 22 heavy (non-hydrogen) atoms. The maximum atomic E-state index is 12.8. The fraction of sp³-hybridized carbons (Fsp3) is 0.375. The smallest absolute Gasteiger partial charge is 0.201 e. The molecule has 2 rings (SSSR count). The zero-order chi connectivity index (χ0) is 16.6. The summed E-state index contributed by atoms with van der Waals surface area (Å²) in [4.78, 5) is 28.2. The van der Waals surface area contributed by atoms with Crippen LogP contribution < -0.4 is 5.43 Å². The summed E-state index contributed by atoms with van der Waals surface area (Å²) in [5.41, 5.74) is 0.752. The summed E-state index contributed by atoms with van der Waals surface area (Å²) >= 11 is 6.14. The average Bonchev–Trinajstić information content (AvgIpc) is 2.41. The first-order valence-electron chi connectivity index (χ1n) is 6.95. The van der Waals surface area contributed by atoms with Crippen LogP contribution in [0.4, 0.5) is 0 Å². The summed E-state index contributed by atoms with van der Waals surface area (Å²) in [6.07, 6.45) is 1.67. The van der Waals surface area contributed by atoms with Crippen LogP contribution in [0.5, 0.6) is 0 Å². The molecule has 1 heterocycles. The molecule has 0 aliphatic rings. The SMILES string of the molecule is Cc1ccc(Cl)c2[nH]c(S(C)=O)c(C(=O)CC(C)C)c(=O)c12. The molecule has 2 aromatic rings. The monoisotopic (exact) mass is 339 g/mol. The Balaban J connectivity index is 2.91. The number of aromatic nitrogens is 1. The number of Topliss-reactive ketones (excluding diaryl/α,β-unsaturated/α-hetero) is 1. The highest BCUT2D eigenvalue weighted by molar-refractivity contribution is 7.84. The van der Waals surface area contributed by atoms with Crippen LogP contribution in [0.3, 0.4) is 0 Å². The second-order valence-electron chi connectivity index (χ2n) is 5.75. The zero-order valence-corrected chi connectivity index (χ0v) is 14.5. The van der Waals surface area contributed by atoms with E-state index in [-0.39, 0.29) is 28.7 Å². The molecule has 6 heteroatoms. The number of aromatic amines is 1. The zero-order valence-electron chi connectivity index (χ0n) is 13.0. The van der Waals surface area contributed by atoms with Crippen LogP contribution in [0.1, 0.15) is 36.2 Å². The third kappa shape index (κ3) is 3.01. The van der Waals surface area contributed by atoms with Crippen LogP contribution in [-0.4, -0.2) is 21.2 Å². The Bertz CT molecular complexity index is 839. The number of ketones is 1. The number of rotatable bonds is 4. The Kier molecular flexibility index (Phi) is 4.87. The summed E-state index contributed by atoms with van der Waals surface area (Å²) in [6.45, 7) is 5.59. The van der Waals surface area contributed by atoms with Gasteiger partial charge in [-0.25, -0.2) is 0 Å². The maximum absolute atomic E-state index is 12.8. The molecular formula is C16H18ClNO3S. The van der Waals surface area contributed by atoms with E-state index in [9.17, 15) is 13.8 Å². The summed E-state index contributed by atoms with van der Waals surface area (Å²) in [6, 6.07) is 3.41. The van der Waals surface area contributed by atoms with Gasteiger partial charge in [0.1, 0.15) is 5.03 Å². The van der Waals surface area contributed by atoms with E-state index in [1.165, 1.54) is 6.26 Å². The van der Waals surface area contributed by atoms with Crippen molar-refractivity contribution in [2.24, 2.45) is 5.92 Å².